The van der Waals surface area contributed by atoms with Gasteiger partial charge in [0, 0.05) is 13.0 Å². The van der Waals surface area contributed by atoms with E-state index in [0.717, 1.165) is 77.0 Å². The third-order valence-corrected chi connectivity index (χ3v) is 11.2. The fourth-order valence-corrected chi connectivity index (χ4v) is 7.20. The molecule has 0 bridgehead atoms. The number of hydrogen-bond donors (Lipinski definition) is 1. The van der Waals surface area contributed by atoms with Crippen LogP contribution in [0.3, 0.4) is 0 Å². The Kier molecular flexibility index (Phi) is 43.0. The molecule has 0 amide bonds. The van der Waals surface area contributed by atoms with Crippen LogP contribution in [-0.2, 0) is 27.9 Å². The lowest BCUT2D eigenvalue weighted by Crippen LogP contribution is -2.37. The van der Waals surface area contributed by atoms with Gasteiger partial charge in [0.1, 0.15) is 19.3 Å². The molecule has 354 valence electrons. The number of esters is 1. The summed E-state index contributed by atoms with van der Waals surface area (Å²) in [6.07, 6.45) is 58.0. The number of rotatable bonds is 45. The lowest BCUT2D eigenvalue weighted by atomic mass is 10.1. The normalized spacial score (nSPS) is 14.3. The molecule has 8 nitrogen and oxygen atoms in total. The van der Waals surface area contributed by atoms with Crippen molar-refractivity contribution >= 4 is 13.8 Å². The van der Waals surface area contributed by atoms with Gasteiger partial charge in [0.2, 0.25) is 0 Å². The highest BCUT2D eigenvalue weighted by molar-refractivity contribution is 7.47. The van der Waals surface area contributed by atoms with Crippen LogP contribution < -0.4 is 0 Å². The Morgan fingerprint density at radius 1 is 0.525 bits per heavy atom. The van der Waals surface area contributed by atoms with Crippen LogP contribution in [-0.4, -0.2) is 75.6 Å². The number of carbonyl (C=O) groups is 1. The van der Waals surface area contributed by atoms with Crippen LogP contribution in [0.15, 0.2) is 72.9 Å². The van der Waals surface area contributed by atoms with Crippen molar-refractivity contribution in [1.82, 2.24) is 0 Å². The Bertz CT molecular complexity index is 1200. The van der Waals surface area contributed by atoms with E-state index in [4.69, 9.17) is 18.5 Å². The van der Waals surface area contributed by atoms with Crippen molar-refractivity contribution in [2.75, 3.05) is 54.1 Å². The van der Waals surface area contributed by atoms with Crippen molar-refractivity contribution in [2.24, 2.45) is 0 Å². The Labute approximate surface area is 376 Å². The molecule has 0 fully saturated rings. The predicted octanol–water partition coefficient (Wildman–Crippen LogP) is 15.1. The number of phosphoric acid groups is 1. The zero-order valence-corrected chi connectivity index (χ0v) is 41.0. The van der Waals surface area contributed by atoms with E-state index in [2.05, 4.69) is 86.8 Å². The lowest BCUT2D eigenvalue weighted by Gasteiger charge is -2.24. The van der Waals surface area contributed by atoms with Gasteiger partial charge in [-0.15, -0.1) is 0 Å². The van der Waals surface area contributed by atoms with Crippen molar-refractivity contribution < 1.29 is 37.3 Å². The van der Waals surface area contributed by atoms with Crippen molar-refractivity contribution in [2.45, 2.75) is 200 Å². The molecule has 0 rings (SSSR count). The van der Waals surface area contributed by atoms with E-state index in [9.17, 15) is 14.3 Å². The minimum absolute atomic E-state index is 0.0803. The van der Waals surface area contributed by atoms with Gasteiger partial charge in [-0.1, -0.05) is 177 Å². The summed E-state index contributed by atoms with van der Waals surface area (Å²) in [5, 5.41) is 0. The Morgan fingerprint density at radius 2 is 0.951 bits per heavy atom. The molecule has 1 N–H and O–H groups in total. The topological polar surface area (TPSA) is 91.3 Å². The summed E-state index contributed by atoms with van der Waals surface area (Å²) in [6, 6.07) is 0. The van der Waals surface area contributed by atoms with E-state index in [0.29, 0.717) is 24.1 Å². The molecule has 0 heterocycles. The molecular formula is C52H95NO7P+. The second-order valence-corrected chi connectivity index (χ2v) is 18.9. The Morgan fingerprint density at radius 3 is 1.43 bits per heavy atom. The molecule has 2 unspecified atom stereocenters. The number of unbranched alkanes of at least 4 members (excludes halogenated alkanes) is 19. The molecule has 0 aliphatic heterocycles. The third kappa shape index (κ3) is 48.8. The number of phosphoric ester groups is 1. The molecule has 0 saturated heterocycles. The quantitative estimate of drug-likeness (QED) is 0.0214. The average Bonchev–Trinajstić information content (AvgIpc) is 3.22. The molecule has 0 aromatic rings. The fourth-order valence-electron chi connectivity index (χ4n) is 6.46. The summed E-state index contributed by atoms with van der Waals surface area (Å²) < 4.78 is 35.1. The van der Waals surface area contributed by atoms with Crippen LogP contribution >= 0.6 is 7.82 Å². The Hall–Kier alpha value is -2.06. The van der Waals surface area contributed by atoms with Gasteiger partial charge in [0.05, 0.1) is 34.4 Å². The van der Waals surface area contributed by atoms with Crippen LogP contribution in [0.5, 0.6) is 0 Å². The van der Waals surface area contributed by atoms with Crippen LogP contribution in [0.4, 0.5) is 0 Å². The van der Waals surface area contributed by atoms with Gasteiger partial charge < -0.3 is 18.9 Å². The fraction of sp³-hybridized carbons (Fsp3) is 0.750. The third-order valence-electron chi connectivity index (χ3n) is 10.3. The van der Waals surface area contributed by atoms with Crippen LogP contribution in [0.2, 0.25) is 0 Å². The minimum atomic E-state index is -4.29. The Balaban J connectivity index is 4.22. The SMILES string of the molecule is CC/C=C\C/C=C\C/C=C\C/C=C\CCCCCCCOCC(COP(=O)(O)OCC[N+](C)(C)C)OC(=O)CCCCCCCCCCC/C=C\C/C=C\CCCCCCC. The maximum atomic E-state index is 12.8. The number of quaternary nitrogens is 1. The van der Waals surface area contributed by atoms with Gasteiger partial charge >= 0.3 is 13.8 Å². The summed E-state index contributed by atoms with van der Waals surface area (Å²) in [4.78, 5) is 23.0. The summed E-state index contributed by atoms with van der Waals surface area (Å²) >= 11 is 0. The highest BCUT2D eigenvalue weighted by atomic mass is 31.2. The van der Waals surface area contributed by atoms with Crippen LogP contribution in [0.1, 0.15) is 194 Å². The van der Waals surface area contributed by atoms with Crippen LogP contribution in [0, 0.1) is 0 Å². The number of carbonyl (C=O) groups excluding carboxylic acids is 1. The molecule has 0 aromatic heterocycles. The van der Waals surface area contributed by atoms with E-state index >= 15 is 0 Å². The molecule has 0 radical (unpaired) electrons. The van der Waals surface area contributed by atoms with Gasteiger partial charge in [-0.3, -0.25) is 13.8 Å². The number of allylic oxidation sites excluding steroid dienone is 12. The molecule has 0 aliphatic carbocycles. The number of ether oxygens (including phenoxy) is 2. The molecule has 0 aliphatic rings. The van der Waals surface area contributed by atoms with Crippen molar-refractivity contribution in [3.8, 4) is 0 Å². The van der Waals surface area contributed by atoms with Crippen LogP contribution in [0.25, 0.3) is 0 Å². The maximum Gasteiger partial charge on any atom is 0.472 e. The molecular weight excluding hydrogens is 782 g/mol. The van der Waals surface area contributed by atoms with Crippen molar-refractivity contribution in [3.63, 3.8) is 0 Å². The molecule has 2 atom stereocenters. The van der Waals surface area contributed by atoms with Gasteiger partial charge in [-0.05, 0) is 83.5 Å². The smallest absolute Gasteiger partial charge is 0.457 e. The van der Waals surface area contributed by atoms with E-state index in [1.165, 1.54) is 96.3 Å². The summed E-state index contributed by atoms with van der Waals surface area (Å²) in [6.45, 7) is 5.45. The van der Waals surface area contributed by atoms with E-state index in [1.807, 2.05) is 21.1 Å². The largest absolute Gasteiger partial charge is 0.472 e. The highest BCUT2D eigenvalue weighted by Crippen LogP contribution is 2.43. The van der Waals surface area contributed by atoms with Crippen molar-refractivity contribution in [3.05, 3.63) is 72.9 Å². The second kappa shape index (κ2) is 44.5. The number of likely N-dealkylation sites (N-methyl/N-ethyl adjacent to an activating group) is 1. The zero-order valence-electron chi connectivity index (χ0n) is 40.1. The molecule has 9 heteroatoms. The lowest BCUT2D eigenvalue weighted by molar-refractivity contribution is -0.870. The second-order valence-electron chi connectivity index (χ2n) is 17.5. The average molecular weight is 877 g/mol. The van der Waals surface area contributed by atoms with Gasteiger partial charge in [0.15, 0.2) is 0 Å². The molecule has 61 heavy (non-hydrogen) atoms. The molecule has 0 aromatic carbocycles. The summed E-state index contributed by atoms with van der Waals surface area (Å²) in [5.74, 6) is -0.327. The van der Waals surface area contributed by atoms with Gasteiger partial charge in [-0.2, -0.15) is 0 Å². The van der Waals surface area contributed by atoms with Crippen molar-refractivity contribution in [1.29, 1.82) is 0 Å². The predicted molar refractivity (Wildman–Crippen MR) is 261 cm³/mol. The maximum absolute atomic E-state index is 12.8. The monoisotopic (exact) mass is 877 g/mol. The van der Waals surface area contributed by atoms with E-state index in [-0.39, 0.29) is 25.8 Å². The zero-order chi connectivity index (χ0) is 44.8. The minimum Gasteiger partial charge on any atom is -0.457 e. The van der Waals surface area contributed by atoms with E-state index in [1.54, 1.807) is 0 Å². The van der Waals surface area contributed by atoms with Gasteiger partial charge in [-0.25, -0.2) is 4.57 Å². The standard InChI is InChI=1S/C52H94NO7P/c1-6-8-10-12-14-16-18-20-22-24-26-27-28-29-31-33-35-37-39-41-43-45-52(54)60-51(50-59-61(55,56)58-48-46-53(3,4)5)49-57-47-44-42-40-38-36-34-32-30-25-23-21-19-17-15-13-11-9-7-2/h9,11,15,17-18,20-21,23-24,26,30,32,51H,6-8,10,12-14,16,19,22,25,27-29,31,33-50H2,1-5H3/p+1/b11-9-,17-15-,20-18-,23-21-,26-24-,32-30-. The molecule has 0 spiro atoms. The summed E-state index contributed by atoms with van der Waals surface area (Å²) in [7, 11) is 1.64. The highest BCUT2D eigenvalue weighted by Gasteiger charge is 2.26. The molecule has 0 saturated carbocycles. The number of nitrogens with zero attached hydrogens (tertiary/aromatic N) is 1. The van der Waals surface area contributed by atoms with E-state index < -0.39 is 13.9 Å². The first-order chi connectivity index (χ1) is 29.6. The van der Waals surface area contributed by atoms with Gasteiger partial charge in [0.25, 0.3) is 0 Å². The first kappa shape index (κ1) is 58.9. The first-order valence-corrected chi connectivity index (χ1v) is 26.2. The first-order valence-electron chi connectivity index (χ1n) is 24.7. The summed E-state index contributed by atoms with van der Waals surface area (Å²) in [5.41, 5.74) is 0. The number of hydrogen-bond acceptors (Lipinski definition) is 6.